The van der Waals surface area contributed by atoms with Gasteiger partial charge in [0.15, 0.2) is 11.6 Å². The predicted octanol–water partition coefficient (Wildman–Crippen LogP) is 2.36. The standard InChI is InChI=1S/C15H17FN2O/c16-13-8-12(14(18)9-17)6-7-15(13)19-10-11-4-2-1-3-5-11/h1-8,14H,9-10,17-18H2. The van der Waals surface area contributed by atoms with Crippen molar-refractivity contribution in [1.29, 1.82) is 0 Å². The molecule has 1 atom stereocenters. The Balaban J connectivity index is 2.05. The smallest absolute Gasteiger partial charge is 0.165 e. The van der Waals surface area contributed by atoms with Gasteiger partial charge in [-0.15, -0.1) is 0 Å². The van der Waals surface area contributed by atoms with Crippen molar-refractivity contribution in [3.63, 3.8) is 0 Å². The minimum atomic E-state index is -0.419. The van der Waals surface area contributed by atoms with Crippen LogP contribution in [0.5, 0.6) is 5.75 Å². The van der Waals surface area contributed by atoms with Crippen LogP contribution in [0.4, 0.5) is 4.39 Å². The molecule has 0 radical (unpaired) electrons. The lowest BCUT2D eigenvalue weighted by molar-refractivity contribution is 0.290. The molecule has 0 amide bonds. The van der Waals surface area contributed by atoms with E-state index in [2.05, 4.69) is 0 Å². The molecule has 1 unspecified atom stereocenters. The number of hydrogen-bond donors (Lipinski definition) is 2. The molecule has 0 saturated heterocycles. The van der Waals surface area contributed by atoms with E-state index in [1.54, 1.807) is 12.1 Å². The maximum atomic E-state index is 13.8. The summed E-state index contributed by atoms with van der Waals surface area (Å²) in [6.07, 6.45) is 0. The average molecular weight is 260 g/mol. The Hall–Kier alpha value is -1.91. The summed E-state index contributed by atoms with van der Waals surface area (Å²) in [7, 11) is 0. The zero-order valence-corrected chi connectivity index (χ0v) is 10.6. The molecule has 4 heteroatoms. The Kier molecular flexibility index (Phi) is 4.49. The number of halogens is 1. The second-order valence-electron chi connectivity index (χ2n) is 4.31. The average Bonchev–Trinajstić information content (AvgIpc) is 2.46. The quantitative estimate of drug-likeness (QED) is 0.867. The number of benzene rings is 2. The van der Waals surface area contributed by atoms with Crippen molar-refractivity contribution >= 4 is 0 Å². The van der Waals surface area contributed by atoms with Crippen LogP contribution in [0, 0.1) is 5.82 Å². The van der Waals surface area contributed by atoms with Crippen LogP contribution >= 0.6 is 0 Å². The van der Waals surface area contributed by atoms with Crippen molar-refractivity contribution in [1.82, 2.24) is 0 Å². The van der Waals surface area contributed by atoms with Gasteiger partial charge in [-0.2, -0.15) is 0 Å². The first kappa shape index (κ1) is 13.5. The lowest BCUT2D eigenvalue weighted by Crippen LogP contribution is -2.20. The van der Waals surface area contributed by atoms with Crippen molar-refractivity contribution < 1.29 is 9.13 Å². The molecule has 0 saturated carbocycles. The molecule has 3 nitrogen and oxygen atoms in total. The zero-order chi connectivity index (χ0) is 13.7. The number of hydrogen-bond acceptors (Lipinski definition) is 3. The second kappa shape index (κ2) is 6.31. The van der Waals surface area contributed by atoms with Crippen molar-refractivity contribution in [2.45, 2.75) is 12.6 Å². The summed E-state index contributed by atoms with van der Waals surface area (Å²) >= 11 is 0. The van der Waals surface area contributed by atoms with Gasteiger partial charge >= 0.3 is 0 Å². The molecular weight excluding hydrogens is 243 g/mol. The molecule has 100 valence electrons. The van der Waals surface area contributed by atoms with Crippen molar-refractivity contribution in [3.8, 4) is 5.75 Å². The van der Waals surface area contributed by atoms with Gasteiger partial charge in [-0.1, -0.05) is 36.4 Å². The largest absolute Gasteiger partial charge is 0.486 e. The van der Waals surface area contributed by atoms with E-state index < -0.39 is 5.82 Å². The molecule has 0 aliphatic heterocycles. The molecule has 0 heterocycles. The molecule has 4 N–H and O–H groups in total. The summed E-state index contributed by atoms with van der Waals surface area (Å²) in [5, 5.41) is 0. The van der Waals surface area contributed by atoms with Crippen LogP contribution in [0.25, 0.3) is 0 Å². The fourth-order valence-electron chi connectivity index (χ4n) is 1.74. The van der Waals surface area contributed by atoms with E-state index in [1.807, 2.05) is 30.3 Å². The van der Waals surface area contributed by atoms with Crippen molar-refractivity contribution in [2.75, 3.05) is 6.54 Å². The number of rotatable bonds is 5. The van der Waals surface area contributed by atoms with Gasteiger partial charge in [0.05, 0.1) is 0 Å². The van der Waals surface area contributed by atoms with Gasteiger partial charge in [-0.3, -0.25) is 0 Å². The van der Waals surface area contributed by atoms with Crippen LogP contribution in [0.2, 0.25) is 0 Å². The third kappa shape index (κ3) is 3.53. The van der Waals surface area contributed by atoms with Gasteiger partial charge < -0.3 is 16.2 Å². The Morgan fingerprint density at radius 2 is 1.84 bits per heavy atom. The lowest BCUT2D eigenvalue weighted by Gasteiger charge is -2.12. The van der Waals surface area contributed by atoms with Gasteiger partial charge in [-0.05, 0) is 23.3 Å². The maximum Gasteiger partial charge on any atom is 0.165 e. The van der Waals surface area contributed by atoms with Crippen LogP contribution in [0.15, 0.2) is 48.5 Å². The third-order valence-electron chi connectivity index (χ3n) is 2.88. The van der Waals surface area contributed by atoms with E-state index in [4.69, 9.17) is 16.2 Å². The van der Waals surface area contributed by atoms with Crippen LogP contribution in [-0.4, -0.2) is 6.54 Å². The normalized spacial score (nSPS) is 12.2. The summed E-state index contributed by atoms with van der Waals surface area (Å²) in [5.74, 6) is -0.200. The minimum absolute atomic E-state index is 0.219. The molecule has 0 spiro atoms. The SMILES string of the molecule is NCC(N)c1ccc(OCc2ccccc2)c(F)c1. The summed E-state index contributed by atoms with van der Waals surface area (Å²) in [6.45, 7) is 0.615. The van der Waals surface area contributed by atoms with Gasteiger partial charge in [-0.25, -0.2) is 4.39 Å². The van der Waals surface area contributed by atoms with Gasteiger partial charge in [0, 0.05) is 12.6 Å². The summed E-state index contributed by atoms with van der Waals surface area (Å²) in [4.78, 5) is 0. The first-order chi connectivity index (χ1) is 9.20. The van der Waals surface area contributed by atoms with E-state index in [-0.39, 0.29) is 18.3 Å². The molecule has 0 aliphatic rings. The maximum absolute atomic E-state index is 13.8. The summed E-state index contributed by atoms with van der Waals surface area (Å²) in [5.41, 5.74) is 12.9. The first-order valence-electron chi connectivity index (χ1n) is 6.12. The van der Waals surface area contributed by atoms with Crippen LogP contribution < -0.4 is 16.2 Å². The van der Waals surface area contributed by atoms with Gasteiger partial charge in [0.1, 0.15) is 6.61 Å². The molecule has 0 fully saturated rings. The predicted molar refractivity (Wildman–Crippen MR) is 73.2 cm³/mol. The van der Waals surface area contributed by atoms with Crippen molar-refractivity contribution in [2.24, 2.45) is 11.5 Å². The van der Waals surface area contributed by atoms with Crippen LogP contribution in [0.3, 0.4) is 0 Å². The Morgan fingerprint density at radius 1 is 1.11 bits per heavy atom. The molecule has 2 aromatic carbocycles. The number of ether oxygens (including phenoxy) is 1. The fourth-order valence-corrected chi connectivity index (χ4v) is 1.74. The van der Waals surface area contributed by atoms with Crippen LogP contribution in [-0.2, 0) is 6.61 Å². The molecule has 2 aromatic rings. The highest BCUT2D eigenvalue weighted by Crippen LogP contribution is 2.22. The first-order valence-corrected chi connectivity index (χ1v) is 6.12. The summed E-state index contributed by atoms with van der Waals surface area (Å²) in [6, 6.07) is 14.0. The zero-order valence-electron chi connectivity index (χ0n) is 10.6. The van der Waals surface area contributed by atoms with E-state index in [0.29, 0.717) is 12.2 Å². The topological polar surface area (TPSA) is 61.3 Å². The van der Waals surface area contributed by atoms with E-state index in [9.17, 15) is 4.39 Å². The molecule has 0 bridgehead atoms. The lowest BCUT2D eigenvalue weighted by atomic mass is 10.1. The Labute approximate surface area is 112 Å². The van der Waals surface area contributed by atoms with Gasteiger partial charge in [0.2, 0.25) is 0 Å². The molecule has 2 rings (SSSR count). The third-order valence-corrected chi connectivity index (χ3v) is 2.88. The highest BCUT2D eigenvalue weighted by Gasteiger charge is 2.09. The Bertz CT molecular complexity index is 531. The second-order valence-corrected chi connectivity index (χ2v) is 4.31. The molecular formula is C15H17FN2O. The van der Waals surface area contributed by atoms with Crippen LogP contribution in [0.1, 0.15) is 17.2 Å². The molecule has 0 aromatic heterocycles. The molecule has 0 aliphatic carbocycles. The van der Waals surface area contributed by atoms with E-state index >= 15 is 0 Å². The molecule has 19 heavy (non-hydrogen) atoms. The minimum Gasteiger partial charge on any atom is -0.486 e. The number of nitrogens with two attached hydrogens (primary N) is 2. The Morgan fingerprint density at radius 3 is 2.47 bits per heavy atom. The van der Waals surface area contributed by atoms with E-state index in [1.165, 1.54) is 6.07 Å². The summed E-state index contributed by atoms with van der Waals surface area (Å²) < 4.78 is 19.3. The van der Waals surface area contributed by atoms with E-state index in [0.717, 1.165) is 5.56 Å². The highest BCUT2D eigenvalue weighted by molar-refractivity contribution is 5.31. The van der Waals surface area contributed by atoms with Crippen molar-refractivity contribution in [3.05, 3.63) is 65.5 Å². The fraction of sp³-hybridized carbons (Fsp3) is 0.200. The monoisotopic (exact) mass is 260 g/mol. The van der Waals surface area contributed by atoms with Gasteiger partial charge in [0.25, 0.3) is 0 Å². The highest BCUT2D eigenvalue weighted by atomic mass is 19.1.